The fourth-order valence-corrected chi connectivity index (χ4v) is 3.40. The summed E-state index contributed by atoms with van der Waals surface area (Å²) in [4.78, 5) is 18.7. The molecule has 0 aliphatic rings. The molecule has 94 valence electrons. The molecule has 0 bridgehead atoms. The van der Waals surface area contributed by atoms with Crippen LogP contribution in [0.4, 0.5) is 0 Å². The molecule has 2 heterocycles. The Labute approximate surface area is 115 Å². The predicted molar refractivity (Wildman–Crippen MR) is 80.7 cm³/mol. The predicted octanol–water partition coefficient (Wildman–Crippen LogP) is 3.89. The molecule has 0 saturated carbocycles. The van der Waals surface area contributed by atoms with Crippen LogP contribution in [0, 0.1) is 0 Å². The van der Waals surface area contributed by atoms with Crippen LogP contribution >= 0.6 is 11.3 Å². The zero-order valence-corrected chi connectivity index (χ0v) is 11.4. The molecule has 1 aromatic carbocycles. The van der Waals surface area contributed by atoms with Crippen LogP contribution in [-0.4, -0.2) is 4.98 Å². The summed E-state index contributed by atoms with van der Waals surface area (Å²) in [5.41, 5.74) is 2.09. The van der Waals surface area contributed by atoms with Gasteiger partial charge in [-0.05, 0) is 24.1 Å². The van der Waals surface area contributed by atoms with E-state index in [1.807, 2.05) is 49.4 Å². The Morgan fingerprint density at radius 3 is 2.63 bits per heavy atom. The van der Waals surface area contributed by atoms with Gasteiger partial charge >= 0.3 is 0 Å². The maximum atomic E-state index is 12.5. The minimum absolute atomic E-state index is 0.114. The quantitative estimate of drug-likeness (QED) is 0.705. The zero-order chi connectivity index (χ0) is 13.2. The summed E-state index contributed by atoms with van der Waals surface area (Å²) in [5.74, 6) is 0. The van der Waals surface area contributed by atoms with Crippen LogP contribution < -0.4 is 5.43 Å². The highest BCUT2D eigenvalue weighted by molar-refractivity contribution is 7.21. The fraction of sp³-hybridized carbons (Fsp3) is 0.125. The van der Waals surface area contributed by atoms with Crippen LogP contribution in [0.15, 0.2) is 53.5 Å². The van der Waals surface area contributed by atoms with Gasteiger partial charge in [0.2, 0.25) is 0 Å². The molecule has 0 aliphatic heterocycles. The second kappa shape index (κ2) is 4.94. The molecule has 2 nitrogen and oxygen atoms in total. The van der Waals surface area contributed by atoms with Crippen molar-refractivity contribution in [1.29, 1.82) is 0 Å². The Hall–Kier alpha value is -2.00. The third-order valence-electron chi connectivity index (χ3n) is 3.15. The van der Waals surface area contributed by atoms with Crippen molar-refractivity contribution in [1.82, 2.24) is 4.98 Å². The summed E-state index contributed by atoms with van der Waals surface area (Å²) in [5, 5.41) is 0.726. The maximum Gasteiger partial charge on any atom is 0.193 e. The number of benzene rings is 1. The summed E-state index contributed by atoms with van der Waals surface area (Å²) < 4.78 is 0. The molecule has 0 fully saturated rings. The summed E-state index contributed by atoms with van der Waals surface area (Å²) in [7, 11) is 0. The first kappa shape index (κ1) is 12.1. The Kier molecular flexibility index (Phi) is 3.13. The maximum absolute atomic E-state index is 12.5. The van der Waals surface area contributed by atoms with Gasteiger partial charge < -0.3 is 0 Å². The van der Waals surface area contributed by atoms with Gasteiger partial charge in [-0.15, -0.1) is 11.3 Å². The van der Waals surface area contributed by atoms with E-state index in [4.69, 9.17) is 0 Å². The largest absolute Gasteiger partial charge is 0.289 e. The van der Waals surface area contributed by atoms with E-state index < -0.39 is 0 Å². The number of pyridine rings is 1. The lowest BCUT2D eigenvalue weighted by Crippen LogP contribution is -2.09. The van der Waals surface area contributed by atoms with E-state index >= 15 is 0 Å². The minimum Gasteiger partial charge on any atom is -0.289 e. The normalized spacial score (nSPS) is 10.8. The van der Waals surface area contributed by atoms with Gasteiger partial charge in [0, 0.05) is 16.6 Å². The van der Waals surface area contributed by atoms with Gasteiger partial charge in [-0.1, -0.05) is 37.3 Å². The van der Waals surface area contributed by atoms with Gasteiger partial charge in [-0.2, -0.15) is 0 Å². The van der Waals surface area contributed by atoms with Crippen molar-refractivity contribution in [3.05, 3.63) is 64.4 Å². The number of aromatic nitrogens is 1. The van der Waals surface area contributed by atoms with Crippen molar-refractivity contribution in [2.45, 2.75) is 13.3 Å². The van der Waals surface area contributed by atoms with Crippen molar-refractivity contribution in [3.63, 3.8) is 0 Å². The van der Waals surface area contributed by atoms with Crippen molar-refractivity contribution in [3.8, 4) is 10.4 Å². The number of fused-ring (bicyclic) bond motifs is 1. The van der Waals surface area contributed by atoms with E-state index in [0.29, 0.717) is 0 Å². The first-order valence-corrected chi connectivity index (χ1v) is 7.09. The van der Waals surface area contributed by atoms with E-state index in [0.717, 1.165) is 32.6 Å². The lowest BCUT2D eigenvalue weighted by molar-refractivity contribution is 1.14. The van der Waals surface area contributed by atoms with Crippen LogP contribution in [0.2, 0.25) is 0 Å². The van der Waals surface area contributed by atoms with Gasteiger partial charge in [0.1, 0.15) is 4.83 Å². The molecule has 0 saturated heterocycles. The topological polar surface area (TPSA) is 30.0 Å². The molecule has 3 aromatic rings. The number of nitrogens with zero attached hydrogens (tertiary/aromatic N) is 1. The monoisotopic (exact) mass is 267 g/mol. The molecule has 0 aliphatic carbocycles. The van der Waals surface area contributed by atoms with E-state index in [1.165, 1.54) is 0 Å². The number of rotatable bonds is 2. The third kappa shape index (κ3) is 2.06. The number of hydrogen-bond donors (Lipinski definition) is 0. The van der Waals surface area contributed by atoms with E-state index in [2.05, 4.69) is 4.98 Å². The molecule has 0 radical (unpaired) electrons. The van der Waals surface area contributed by atoms with Crippen LogP contribution in [-0.2, 0) is 6.42 Å². The van der Waals surface area contributed by atoms with Crippen molar-refractivity contribution in [2.75, 3.05) is 0 Å². The molecular formula is C16H13NOS. The smallest absolute Gasteiger partial charge is 0.193 e. The summed E-state index contributed by atoms with van der Waals surface area (Å²) in [6.45, 7) is 2.03. The summed E-state index contributed by atoms with van der Waals surface area (Å²) >= 11 is 1.59. The number of hydrogen-bond acceptors (Lipinski definition) is 3. The van der Waals surface area contributed by atoms with Crippen LogP contribution in [0.1, 0.15) is 12.5 Å². The van der Waals surface area contributed by atoms with E-state index in [9.17, 15) is 4.79 Å². The first-order chi connectivity index (χ1) is 9.31. The van der Waals surface area contributed by atoms with Crippen molar-refractivity contribution in [2.24, 2.45) is 0 Å². The van der Waals surface area contributed by atoms with Crippen LogP contribution in [0.25, 0.3) is 20.7 Å². The highest BCUT2D eigenvalue weighted by atomic mass is 32.1. The van der Waals surface area contributed by atoms with Gasteiger partial charge in [0.25, 0.3) is 0 Å². The Bertz CT molecular complexity index is 778. The van der Waals surface area contributed by atoms with E-state index in [1.54, 1.807) is 17.5 Å². The average Bonchev–Trinajstić information content (AvgIpc) is 2.48. The molecule has 2 aromatic heterocycles. The van der Waals surface area contributed by atoms with Gasteiger partial charge in [-0.25, -0.2) is 4.98 Å². The standard InChI is InChI=1S/C16H13NOS/c1-2-12-14(18)13-9-6-10-17-16(13)19-15(12)11-7-4-3-5-8-11/h3-10H,2H2,1H3. The molecule has 0 amide bonds. The van der Waals surface area contributed by atoms with Crippen molar-refractivity contribution >= 4 is 21.6 Å². The molecule has 0 N–H and O–H groups in total. The highest BCUT2D eigenvalue weighted by Gasteiger charge is 2.12. The molecule has 3 rings (SSSR count). The summed E-state index contributed by atoms with van der Waals surface area (Å²) in [6.07, 6.45) is 2.48. The molecule has 0 atom stereocenters. The summed E-state index contributed by atoms with van der Waals surface area (Å²) in [6, 6.07) is 13.7. The van der Waals surface area contributed by atoms with Crippen LogP contribution in [0.3, 0.4) is 0 Å². The Balaban J connectivity index is 2.39. The minimum atomic E-state index is 0.114. The van der Waals surface area contributed by atoms with E-state index in [-0.39, 0.29) is 5.43 Å². The lowest BCUT2D eigenvalue weighted by atomic mass is 10.1. The van der Waals surface area contributed by atoms with Gasteiger partial charge in [-0.3, -0.25) is 4.79 Å². The SMILES string of the molecule is CCc1c(-c2ccccc2)sc2ncccc2c1=O. The molecular weight excluding hydrogens is 254 g/mol. The Morgan fingerprint density at radius 2 is 1.89 bits per heavy atom. The average molecular weight is 267 g/mol. The van der Waals surface area contributed by atoms with Crippen LogP contribution in [0.5, 0.6) is 0 Å². The zero-order valence-electron chi connectivity index (χ0n) is 10.6. The van der Waals surface area contributed by atoms with Gasteiger partial charge in [0.15, 0.2) is 5.43 Å². The van der Waals surface area contributed by atoms with Gasteiger partial charge in [0.05, 0.1) is 5.39 Å². The fourth-order valence-electron chi connectivity index (χ4n) is 2.21. The molecule has 0 unspecified atom stereocenters. The molecule has 0 spiro atoms. The second-order valence-corrected chi connectivity index (χ2v) is 5.31. The molecule has 3 heteroatoms. The highest BCUT2D eigenvalue weighted by Crippen LogP contribution is 2.30. The first-order valence-electron chi connectivity index (χ1n) is 6.27. The second-order valence-electron chi connectivity index (χ2n) is 4.31. The molecule has 19 heavy (non-hydrogen) atoms. The lowest BCUT2D eigenvalue weighted by Gasteiger charge is -2.08. The third-order valence-corrected chi connectivity index (χ3v) is 4.36. The Morgan fingerprint density at radius 1 is 1.11 bits per heavy atom. The van der Waals surface area contributed by atoms with Crippen molar-refractivity contribution < 1.29 is 0 Å².